The number of carbonyl (C=O) groups is 1. The maximum atomic E-state index is 12.4. The molecule has 0 spiro atoms. The van der Waals surface area contributed by atoms with Crippen LogP contribution < -0.4 is 5.32 Å². The maximum Gasteiger partial charge on any atom is 0.237 e. The molecule has 0 aliphatic carbocycles. The normalized spacial score (nSPS) is 21.5. The van der Waals surface area contributed by atoms with Crippen LogP contribution in [0.15, 0.2) is 36.9 Å². The summed E-state index contributed by atoms with van der Waals surface area (Å²) in [6.07, 6.45) is 4.01. The van der Waals surface area contributed by atoms with Gasteiger partial charge in [-0.3, -0.25) is 9.69 Å². The van der Waals surface area contributed by atoms with Crippen molar-refractivity contribution in [2.45, 2.75) is 25.1 Å². The summed E-state index contributed by atoms with van der Waals surface area (Å²) >= 11 is 0. The highest BCUT2D eigenvalue weighted by Gasteiger charge is 2.34. The average molecular weight is 315 g/mol. The summed E-state index contributed by atoms with van der Waals surface area (Å²) in [5, 5.41) is 7.12. The SMILES string of the molecule is CO[C@H]1C[C@@H](C(=O)NCc2cccc(-n3cncn3)c2)N(C)C1. The molecule has 1 saturated heterocycles. The third kappa shape index (κ3) is 3.57. The van der Waals surface area contributed by atoms with Gasteiger partial charge in [-0.2, -0.15) is 5.10 Å². The quantitative estimate of drug-likeness (QED) is 0.875. The van der Waals surface area contributed by atoms with Crippen molar-refractivity contribution in [2.75, 3.05) is 20.7 Å². The van der Waals surface area contributed by atoms with Crippen molar-refractivity contribution in [2.24, 2.45) is 0 Å². The summed E-state index contributed by atoms with van der Waals surface area (Å²) < 4.78 is 7.04. The van der Waals surface area contributed by atoms with Crippen LogP contribution in [0.25, 0.3) is 5.69 Å². The Morgan fingerprint density at radius 3 is 3.04 bits per heavy atom. The summed E-state index contributed by atoms with van der Waals surface area (Å²) in [4.78, 5) is 18.3. The number of methoxy groups -OCH3 is 1. The predicted octanol–water partition coefficient (Wildman–Crippen LogP) is 0.603. The van der Waals surface area contributed by atoms with Crippen LogP contribution in [0.4, 0.5) is 0 Å². The van der Waals surface area contributed by atoms with Gasteiger partial charge >= 0.3 is 0 Å². The third-order valence-electron chi connectivity index (χ3n) is 4.21. The molecule has 23 heavy (non-hydrogen) atoms. The molecular weight excluding hydrogens is 294 g/mol. The van der Waals surface area contributed by atoms with Gasteiger partial charge in [-0.05, 0) is 31.2 Å². The lowest BCUT2D eigenvalue weighted by Crippen LogP contribution is -2.41. The largest absolute Gasteiger partial charge is 0.380 e. The topological polar surface area (TPSA) is 72.3 Å². The Kier molecular flexibility index (Phi) is 4.68. The molecule has 1 amide bonds. The maximum absolute atomic E-state index is 12.4. The van der Waals surface area contributed by atoms with Gasteiger partial charge in [-0.15, -0.1) is 0 Å². The van der Waals surface area contributed by atoms with Crippen molar-refractivity contribution in [3.05, 3.63) is 42.5 Å². The first-order valence-corrected chi connectivity index (χ1v) is 7.62. The zero-order chi connectivity index (χ0) is 16.2. The van der Waals surface area contributed by atoms with E-state index in [-0.39, 0.29) is 18.1 Å². The molecule has 1 aliphatic rings. The fraction of sp³-hybridized carbons (Fsp3) is 0.438. The number of amides is 1. The van der Waals surface area contributed by atoms with Gasteiger partial charge in [0.25, 0.3) is 0 Å². The lowest BCUT2D eigenvalue weighted by molar-refractivity contribution is -0.125. The van der Waals surface area contributed by atoms with Crippen LogP contribution >= 0.6 is 0 Å². The number of hydrogen-bond donors (Lipinski definition) is 1. The standard InChI is InChI=1S/C16H21N5O2/c1-20-9-14(23-2)7-15(20)16(22)18-8-12-4-3-5-13(6-12)21-11-17-10-19-21/h3-6,10-11,14-15H,7-9H2,1-2H3,(H,18,22)/t14-,15-/m0/s1. The fourth-order valence-electron chi connectivity index (χ4n) is 2.89. The van der Waals surface area contributed by atoms with Gasteiger partial charge in [0, 0.05) is 20.2 Å². The molecular formula is C16H21N5O2. The second kappa shape index (κ2) is 6.89. The highest BCUT2D eigenvalue weighted by Crippen LogP contribution is 2.18. The van der Waals surface area contributed by atoms with E-state index in [9.17, 15) is 4.79 Å². The molecule has 1 N–H and O–H groups in total. The summed E-state index contributed by atoms with van der Waals surface area (Å²) in [6.45, 7) is 1.28. The molecule has 2 aromatic rings. The number of nitrogens with zero attached hydrogens (tertiary/aromatic N) is 4. The summed E-state index contributed by atoms with van der Waals surface area (Å²) in [7, 11) is 3.64. The van der Waals surface area contributed by atoms with Gasteiger partial charge in [0.15, 0.2) is 0 Å². The van der Waals surface area contributed by atoms with Gasteiger partial charge in [0.05, 0.1) is 17.8 Å². The van der Waals surface area contributed by atoms with Crippen LogP contribution in [-0.4, -0.2) is 58.4 Å². The van der Waals surface area contributed by atoms with Crippen LogP contribution in [0.3, 0.4) is 0 Å². The number of rotatable bonds is 5. The molecule has 2 heterocycles. The molecule has 122 valence electrons. The lowest BCUT2D eigenvalue weighted by Gasteiger charge is -2.18. The molecule has 2 atom stereocenters. The van der Waals surface area contributed by atoms with Crippen LogP contribution in [0.1, 0.15) is 12.0 Å². The van der Waals surface area contributed by atoms with E-state index < -0.39 is 0 Å². The van der Waals surface area contributed by atoms with Gasteiger partial charge in [-0.1, -0.05) is 12.1 Å². The molecule has 0 bridgehead atoms. The van der Waals surface area contributed by atoms with Crippen molar-refractivity contribution in [1.82, 2.24) is 25.0 Å². The van der Waals surface area contributed by atoms with E-state index in [0.29, 0.717) is 6.54 Å². The minimum atomic E-state index is -0.126. The number of benzene rings is 1. The van der Waals surface area contributed by atoms with Crippen molar-refractivity contribution >= 4 is 5.91 Å². The lowest BCUT2D eigenvalue weighted by atomic mass is 10.1. The Bertz CT molecular complexity index is 658. The monoisotopic (exact) mass is 315 g/mol. The number of hydrogen-bond acceptors (Lipinski definition) is 5. The van der Waals surface area contributed by atoms with E-state index in [1.54, 1.807) is 18.1 Å². The van der Waals surface area contributed by atoms with Crippen LogP contribution in [0.2, 0.25) is 0 Å². The average Bonchev–Trinajstić information content (AvgIpc) is 3.22. The molecule has 0 radical (unpaired) electrons. The number of ether oxygens (including phenoxy) is 1. The Labute approximate surface area is 135 Å². The van der Waals surface area contributed by atoms with Crippen LogP contribution in [0.5, 0.6) is 0 Å². The van der Waals surface area contributed by atoms with Gasteiger partial charge in [0.1, 0.15) is 12.7 Å². The molecule has 7 heteroatoms. The first-order valence-electron chi connectivity index (χ1n) is 7.62. The highest BCUT2D eigenvalue weighted by molar-refractivity contribution is 5.82. The van der Waals surface area contributed by atoms with E-state index >= 15 is 0 Å². The molecule has 1 aromatic carbocycles. The smallest absolute Gasteiger partial charge is 0.237 e. The first-order chi connectivity index (χ1) is 11.2. The molecule has 7 nitrogen and oxygen atoms in total. The molecule has 0 saturated carbocycles. The molecule has 1 aromatic heterocycles. The Balaban J connectivity index is 1.60. The fourth-order valence-corrected chi connectivity index (χ4v) is 2.89. The zero-order valence-corrected chi connectivity index (χ0v) is 13.3. The highest BCUT2D eigenvalue weighted by atomic mass is 16.5. The van der Waals surface area contributed by atoms with Gasteiger partial charge in [0.2, 0.25) is 5.91 Å². The number of aromatic nitrogens is 3. The molecule has 0 unspecified atom stereocenters. The van der Waals surface area contributed by atoms with Crippen molar-refractivity contribution in [3.8, 4) is 5.69 Å². The van der Waals surface area contributed by atoms with E-state index in [1.807, 2.05) is 36.2 Å². The Hall–Kier alpha value is -2.25. The van der Waals surface area contributed by atoms with E-state index in [4.69, 9.17) is 4.74 Å². The minimum absolute atomic E-state index is 0.0400. The minimum Gasteiger partial charge on any atom is -0.380 e. The Morgan fingerprint density at radius 1 is 1.48 bits per heavy atom. The number of likely N-dealkylation sites (tertiary alicyclic amines) is 1. The summed E-state index contributed by atoms with van der Waals surface area (Å²) in [5.74, 6) is 0.0400. The molecule has 3 rings (SSSR count). The molecule has 1 aliphatic heterocycles. The number of likely N-dealkylation sites (N-methyl/N-ethyl adjacent to an activating group) is 1. The second-order valence-corrected chi connectivity index (χ2v) is 5.78. The van der Waals surface area contributed by atoms with E-state index in [0.717, 1.165) is 24.2 Å². The van der Waals surface area contributed by atoms with E-state index in [2.05, 4.69) is 15.4 Å². The van der Waals surface area contributed by atoms with Gasteiger partial charge < -0.3 is 10.1 Å². The van der Waals surface area contributed by atoms with Crippen molar-refractivity contribution in [1.29, 1.82) is 0 Å². The Morgan fingerprint density at radius 2 is 2.35 bits per heavy atom. The van der Waals surface area contributed by atoms with Gasteiger partial charge in [-0.25, -0.2) is 9.67 Å². The predicted molar refractivity (Wildman–Crippen MR) is 85.0 cm³/mol. The summed E-state index contributed by atoms with van der Waals surface area (Å²) in [5.41, 5.74) is 1.95. The van der Waals surface area contributed by atoms with Crippen molar-refractivity contribution < 1.29 is 9.53 Å². The third-order valence-corrected chi connectivity index (χ3v) is 4.21. The zero-order valence-electron chi connectivity index (χ0n) is 13.3. The van der Waals surface area contributed by atoms with Crippen LogP contribution in [-0.2, 0) is 16.1 Å². The number of carbonyl (C=O) groups excluding carboxylic acids is 1. The second-order valence-electron chi connectivity index (χ2n) is 5.78. The number of nitrogens with one attached hydrogen (secondary N) is 1. The molecule has 1 fully saturated rings. The van der Waals surface area contributed by atoms with Crippen molar-refractivity contribution in [3.63, 3.8) is 0 Å². The van der Waals surface area contributed by atoms with Crippen LogP contribution in [0, 0.1) is 0 Å². The first kappa shape index (κ1) is 15.6. The van der Waals surface area contributed by atoms with E-state index in [1.165, 1.54) is 6.33 Å². The summed E-state index contributed by atoms with van der Waals surface area (Å²) in [6, 6.07) is 7.75.